The van der Waals surface area contributed by atoms with Gasteiger partial charge in [0.25, 0.3) is 0 Å². The zero-order chi connectivity index (χ0) is 14.5. The van der Waals surface area contributed by atoms with Crippen LogP contribution in [0.15, 0.2) is 83.7 Å². The largest absolute Gasteiger partial charge is 0.313 e. The second-order valence-electron chi connectivity index (χ2n) is 4.62. The SMILES string of the molecule is C=CCn1c(-c2ccccc2)cs/c1=N/c1ccccc1. The Labute approximate surface area is 128 Å². The lowest BCUT2D eigenvalue weighted by atomic mass is 10.2. The lowest BCUT2D eigenvalue weighted by Crippen LogP contribution is -2.14. The van der Waals surface area contributed by atoms with Gasteiger partial charge < -0.3 is 4.57 Å². The summed E-state index contributed by atoms with van der Waals surface area (Å²) in [6, 6.07) is 20.4. The molecule has 3 rings (SSSR count). The van der Waals surface area contributed by atoms with Crippen molar-refractivity contribution in [2.45, 2.75) is 6.54 Å². The monoisotopic (exact) mass is 292 g/mol. The average molecular weight is 292 g/mol. The Bertz CT molecular complexity index is 783. The molecule has 2 aromatic carbocycles. The number of para-hydroxylation sites is 1. The predicted molar refractivity (Wildman–Crippen MR) is 89.6 cm³/mol. The van der Waals surface area contributed by atoms with Gasteiger partial charge in [0.2, 0.25) is 0 Å². The molecule has 3 aromatic rings. The molecule has 0 saturated carbocycles. The van der Waals surface area contributed by atoms with Gasteiger partial charge in [-0.2, -0.15) is 0 Å². The number of aromatic nitrogens is 1. The van der Waals surface area contributed by atoms with Gasteiger partial charge in [-0.05, 0) is 17.7 Å². The van der Waals surface area contributed by atoms with E-state index in [0.717, 1.165) is 17.0 Å². The second kappa shape index (κ2) is 6.37. The number of hydrogen-bond donors (Lipinski definition) is 0. The number of hydrogen-bond acceptors (Lipinski definition) is 2. The first-order valence-corrected chi connectivity index (χ1v) is 7.71. The quantitative estimate of drug-likeness (QED) is 0.624. The molecule has 0 aliphatic carbocycles. The highest BCUT2D eigenvalue weighted by atomic mass is 32.1. The molecule has 1 aromatic heterocycles. The highest BCUT2D eigenvalue weighted by Gasteiger charge is 2.06. The lowest BCUT2D eigenvalue weighted by molar-refractivity contribution is 0.800. The molecule has 104 valence electrons. The van der Waals surface area contributed by atoms with E-state index in [0.29, 0.717) is 0 Å². The maximum Gasteiger partial charge on any atom is 0.190 e. The Hall–Kier alpha value is -2.39. The topological polar surface area (TPSA) is 17.3 Å². The Morgan fingerprint density at radius 2 is 1.67 bits per heavy atom. The van der Waals surface area contributed by atoms with Crippen LogP contribution in [0.5, 0.6) is 0 Å². The molecule has 0 N–H and O–H groups in total. The van der Waals surface area contributed by atoms with E-state index < -0.39 is 0 Å². The zero-order valence-electron chi connectivity index (χ0n) is 11.6. The summed E-state index contributed by atoms with van der Waals surface area (Å²) in [6.07, 6.45) is 1.91. The Balaban J connectivity index is 2.13. The van der Waals surface area contributed by atoms with Gasteiger partial charge in [0, 0.05) is 11.9 Å². The molecular formula is C18H16N2S. The molecule has 0 spiro atoms. The third kappa shape index (κ3) is 3.03. The maximum absolute atomic E-state index is 4.74. The smallest absolute Gasteiger partial charge is 0.190 e. The van der Waals surface area contributed by atoms with Crippen molar-refractivity contribution in [2.24, 2.45) is 4.99 Å². The summed E-state index contributed by atoms with van der Waals surface area (Å²) in [6.45, 7) is 4.61. The van der Waals surface area contributed by atoms with E-state index in [2.05, 4.69) is 40.8 Å². The molecule has 21 heavy (non-hydrogen) atoms. The van der Waals surface area contributed by atoms with Crippen LogP contribution in [-0.2, 0) is 6.54 Å². The summed E-state index contributed by atoms with van der Waals surface area (Å²) in [7, 11) is 0. The van der Waals surface area contributed by atoms with Crippen molar-refractivity contribution in [1.29, 1.82) is 0 Å². The predicted octanol–water partition coefficient (Wildman–Crippen LogP) is 4.64. The van der Waals surface area contributed by atoms with E-state index in [4.69, 9.17) is 4.99 Å². The standard InChI is InChI=1S/C18H16N2S/c1-2-13-20-17(15-9-5-3-6-10-15)14-21-18(20)19-16-11-7-4-8-12-16/h2-12,14H,1,13H2/b19-18+. The number of benzene rings is 2. The number of rotatable bonds is 4. The number of nitrogens with zero attached hydrogens (tertiary/aromatic N) is 2. The summed E-state index contributed by atoms with van der Waals surface area (Å²) in [4.78, 5) is 5.73. The van der Waals surface area contributed by atoms with Crippen molar-refractivity contribution in [1.82, 2.24) is 4.57 Å². The molecule has 0 aliphatic rings. The molecule has 1 heterocycles. The van der Waals surface area contributed by atoms with Crippen LogP contribution in [0.25, 0.3) is 11.3 Å². The molecule has 0 amide bonds. The van der Waals surface area contributed by atoms with Crippen molar-refractivity contribution in [3.8, 4) is 11.3 Å². The minimum absolute atomic E-state index is 0.749. The number of allylic oxidation sites excluding steroid dienone is 1. The van der Waals surface area contributed by atoms with E-state index in [1.54, 1.807) is 11.3 Å². The molecule has 0 bridgehead atoms. The molecule has 0 aliphatic heterocycles. The van der Waals surface area contributed by atoms with Crippen LogP contribution < -0.4 is 4.80 Å². The van der Waals surface area contributed by atoms with Crippen LogP contribution in [0.2, 0.25) is 0 Å². The van der Waals surface area contributed by atoms with E-state index in [9.17, 15) is 0 Å². The summed E-state index contributed by atoms with van der Waals surface area (Å²) >= 11 is 1.65. The van der Waals surface area contributed by atoms with E-state index in [1.165, 1.54) is 11.3 Å². The first-order valence-electron chi connectivity index (χ1n) is 6.83. The van der Waals surface area contributed by atoms with Gasteiger partial charge in [0.15, 0.2) is 4.80 Å². The summed E-state index contributed by atoms with van der Waals surface area (Å²) < 4.78 is 2.19. The van der Waals surface area contributed by atoms with Crippen LogP contribution in [0.4, 0.5) is 5.69 Å². The molecule has 0 unspecified atom stereocenters. The van der Waals surface area contributed by atoms with Gasteiger partial charge in [-0.1, -0.05) is 54.6 Å². The van der Waals surface area contributed by atoms with Gasteiger partial charge in [0.05, 0.1) is 11.4 Å². The normalized spacial score (nSPS) is 11.5. The molecule has 2 nitrogen and oxygen atoms in total. The zero-order valence-corrected chi connectivity index (χ0v) is 12.5. The molecule has 0 fully saturated rings. The highest BCUT2D eigenvalue weighted by molar-refractivity contribution is 7.07. The van der Waals surface area contributed by atoms with Crippen LogP contribution >= 0.6 is 11.3 Å². The highest BCUT2D eigenvalue weighted by Crippen LogP contribution is 2.20. The summed E-state index contributed by atoms with van der Waals surface area (Å²) in [5, 5.41) is 2.15. The van der Waals surface area contributed by atoms with Gasteiger partial charge in [0.1, 0.15) is 0 Å². The van der Waals surface area contributed by atoms with E-state index in [1.807, 2.05) is 42.5 Å². The second-order valence-corrected chi connectivity index (χ2v) is 5.45. The Morgan fingerprint density at radius 1 is 1.00 bits per heavy atom. The minimum Gasteiger partial charge on any atom is -0.313 e. The fourth-order valence-electron chi connectivity index (χ4n) is 2.18. The third-order valence-corrected chi connectivity index (χ3v) is 4.02. The van der Waals surface area contributed by atoms with Crippen molar-refractivity contribution < 1.29 is 0 Å². The summed E-state index contributed by atoms with van der Waals surface area (Å²) in [5.41, 5.74) is 3.34. The van der Waals surface area contributed by atoms with Crippen molar-refractivity contribution in [3.05, 3.63) is 83.5 Å². The maximum atomic E-state index is 4.74. The van der Waals surface area contributed by atoms with E-state index >= 15 is 0 Å². The average Bonchev–Trinajstić information content (AvgIpc) is 2.92. The minimum atomic E-state index is 0.749. The van der Waals surface area contributed by atoms with Crippen molar-refractivity contribution >= 4 is 17.0 Å². The van der Waals surface area contributed by atoms with Gasteiger partial charge >= 0.3 is 0 Å². The van der Waals surface area contributed by atoms with Crippen LogP contribution in [-0.4, -0.2) is 4.57 Å². The van der Waals surface area contributed by atoms with Gasteiger partial charge in [-0.25, -0.2) is 4.99 Å². The fraction of sp³-hybridized carbons (Fsp3) is 0.0556. The van der Waals surface area contributed by atoms with Gasteiger partial charge in [-0.3, -0.25) is 0 Å². The summed E-state index contributed by atoms with van der Waals surface area (Å²) in [5.74, 6) is 0. The number of thiazole rings is 1. The third-order valence-electron chi connectivity index (χ3n) is 3.16. The van der Waals surface area contributed by atoms with Crippen LogP contribution in [0.1, 0.15) is 0 Å². The van der Waals surface area contributed by atoms with Crippen molar-refractivity contribution in [3.63, 3.8) is 0 Å². The molecule has 0 saturated heterocycles. The first kappa shape index (κ1) is 13.6. The first-order chi connectivity index (χ1) is 10.4. The van der Waals surface area contributed by atoms with Gasteiger partial charge in [-0.15, -0.1) is 17.9 Å². The van der Waals surface area contributed by atoms with Crippen molar-refractivity contribution in [2.75, 3.05) is 0 Å². The lowest BCUT2D eigenvalue weighted by Gasteiger charge is -2.06. The van der Waals surface area contributed by atoms with Crippen LogP contribution in [0, 0.1) is 0 Å². The molecule has 0 atom stereocenters. The molecule has 3 heteroatoms. The van der Waals surface area contributed by atoms with Crippen LogP contribution in [0.3, 0.4) is 0 Å². The fourth-order valence-corrected chi connectivity index (χ4v) is 3.12. The molecular weight excluding hydrogens is 276 g/mol. The Kier molecular flexibility index (Phi) is 4.12. The molecule has 0 radical (unpaired) electrons. The van der Waals surface area contributed by atoms with E-state index in [-0.39, 0.29) is 0 Å². The Morgan fingerprint density at radius 3 is 2.33 bits per heavy atom.